The van der Waals surface area contributed by atoms with Crippen LogP contribution in [-0.2, 0) is 6.54 Å². The van der Waals surface area contributed by atoms with Crippen LogP contribution in [0.15, 0.2) is 36.9 Å². The minimum Gasteiger partial charge on any atom is -0.313 e. The monoisotopic (exact) mass is 228 g/mol. The number of nitrogens with one attached hydrogen (secondary N) is 1. The zero-order valence-corrected chi connectivity index (χ0v) is 9.93. The normalized spacial score (nSPS) is 10.4. The number of hydrogen-bond acceptors (Lipinski definition) is 4. The number of pyridine rings is 1. The standard InChI is InChI=1S/C13H16N4/c1-2-5-14-7-11-8-16-13(17-9-11)12-4-3-6-15-10-12/h3-4,6,8-10,14H,2,5,7H2,1H3. The summed E-state index contributed by atoms with van der Waals surface area (Å²) in [7, 11) is 0. The van der Waals surface area contributed by atoms with Crippen molar-refractivity contribution >= 4 is 0 Å². The van der Waals surface area contributed by atoms with Crippen LogP contribution in [0, 0.1) is 0 Å². The summed E-state index contributed by atoms with van der Waals surface area (Å²) in [5.74, 6) is 0.720. The molecule has 2 aromatic rings. The van der Waals surface area contributed by atoms with Gasteiger partial charge in [0, 0.05) is 42.5 Å². The molecular weight excluding hydrogens is 212 g/mol. The molecule has 0 spiro atoms. The van der Waals surface area contributed by atoms with Gasteiger partial charge in [-0.1, -0.05) is 6.92 Å². The van der Waals surface area contributed by atoms with Crippen molar-refractivity contribution in [3.05, 3.63) is 42.5 Å². The third kappa shape index (κ3) is 3.32. The summed E-state index contributed by atoms with van der Waals surface area (Å²) in [5.41, 5.74) is 2.05. The minimum absolute atomic E-state index is 0.720. The first kappa shape index (κ1) is 11.7. The van der Waals surface area contributed by atoms with Gasteiger partial charge in [0.25, 0.3) is 0 Å². The molecule has 17 heavy (non-hydrogen) atoms. The second-order valence-electron chi connectivity index (χ2n) is 3.83. The van der Waals surface area contributed by atoms with Gasteiger partial charge in [0.05, 0.1) is 0 Å². The van der Waals surface area contributed by atoms with Crippen molar-refractivity contribution in [2.75, 3.05) is 6.54 Å². The second kappa shape index (κ2) is 6.06. The molecule has 0 aromatic carbocycles. The molecule has 0 unspecified atom stereocenters. The van der Waals surface area contributed by atoms with Crippen molar-refractivity contribution < 1.29 is 0 Å². The molecule has 0 radical (unpaired) electrons. The molecule has 0 saturated heterocycles. The Morgan fingerprint density at radius 3 is 2.65 bits per heavy atom. The van der Waals surface area contributed by atoms with Crippen LogP contribution in [0.1, 0.15) is 18.9 Å². The smallest absolute Gasteiger partial charge is 0.160 e. The third-order valence-electron chi connectivity index (χ3n) is 2.38. The van der Waals surface area contributed by atoms with Gasteiger partial charge in [0.1, 0.15) is 0 Å². The van der Waals surface area contributed by atoms with Crippen LogP contribution < -0.4 is 5.32 Å². The van der Waals surface area contributed by atoms with Crippen molar-refractivity contribution in [1.29, 1.82) is 0 Å². The van der Waals surface area contributed by atoms with Gasteiger partial charge in [-0.25, -0.2) is 9.97 Å². The van der Waals surface area contributed by atoms with Gasteiger partial charge in [-0.3, -0.25) is 4.98 Å². The SMILES string of the molecule is CCCNCc1cnc(-c2cccnc2)nc1. The molecule has 0 aliphatic heterocycles. The van der Waals surface area contributed by atoms with E-state index < -0.39 is 0 Å². The van der Waals surface area contributed by atoms with E-state index in [1.165, 1.54) is 0 Å². The molecule has 88 valence electrons. The number of rotatable bonds is 5. The van der Waals surface area contributed by atoms with Gasteiger partial charge < -0.3 is 5.32 Å². The maximum atomic E-state index is 4.34. The van der Waals surface area contributed by atoms with Gasteiger partial charge in [-0.15, -0.1) is 0 Å². The lowest BCUT2D eigenvalue weighted by Crippen LogP contribution is -2.14. The maximum Gasteiger partial charge on any atom is 0.160 e. The van der Waals surface area contributed by atoms with E-state index in [-0.39, 0.29) is 0 Å². The first-order valence-corrected chi connectivity index (χ1v) is 5.82. The van der Waals surface area contributed by atoms with Crippen LogP contribution in [0.3, 0.4) is 0 Å². The fourth-order valence-electron chi connectivity index (χ4n) is 1.50. The lowest BCUT2D eigenvalue weighted by molar-refractivity contribution is 0.672. The van der Waals surface area contributed by atoms with Crippen LogP contribution in [0.5, 0.6) is 0 Å². The first-order chi connectivity index (χ1) is 8.40. The zero-order valence-electron chi connectivity index (χ0n) is 9.93. The summed E-state index contributed by atoms with van der Waals surface area (Å²) in [6, 6.07) is 3.84. The summed E-state index contributed by atoms with van der Waals surface area (Å²) in [6.45, 7) is 3.99. The fraction of sp³-hybridized carbons (Fsp3) is 0.308. The van der Waals surface area contributed by atoms with Crippen LogP contribution in [-0.4, -0.2) is 21.5 Å². The van der Waals surface area contributed by atoms with E-state index in [0.29, 0.717) is 0 Å². The number of aromatic nitrogens is 3. The molecule has 0 aliphatic rings. The predicted molar refractivity (Wildman–Crippen MR) is 67.3 cm³/mol. The zero-order chi connectivity index (χ0) is 11.9. The summed E-state index contributed by atoms with van der Waals surface area (Å²) < 4.78 is 0. The summed E-state index contributed by atoms with van der Waals surface area (Å²) in [4.78, 5) is 12.7. The van der Waals surface area contributed by atoms with E-state index >= 15 is 0 Å². The van der Waals surface area contributed by atoms with E-state index in [9.17, 15) is 0 Å². The Hall–Kier alpha value is -1.81. The molecule has 2 aromatic heterocycles. The Bertz CT molecular complexity index is 439. The van der Waals surface area contributed by atoms with Crippen LogP contribution in [0.25, 0.3) is 11.4 Å². The lowest BCUT2D eigenvalue weighted by Gasteiger charge is -2.03. The van der Waals surface area contributed by atoms with Gasteiger partial charge >= 0.3 is 0 Å². The van der Waals surface area contributed by atoms with Crippen molar-refractivity contribution in [3.8, 4) is 11.4 Å². The summed E-state index contributed by atoms with van der Waals surface area (Å²) in [6.07, 6.45) is 8.36. The molecule has 4 nitrogen and oxygen atoms in total. The fourth-order valence-corrected chi connectivity index (χ4v) is 1.50. The highest BCUT2D eigenvalue weighted by atomic mass is 14.9. The van der Waals surface area contributed by atoms with E-state index in [0.717, 1.165) is 36.5 Å². The van der Waals surface area contributed by atoms with Crippen molar-refractivity contribution in [1.82, 2.24) is 20.3 Å². The van der Waals surface area contributed by atoms with E-state index in [1.54, 1.807) is 12.4 Å². The Morgan fingerprint density at radius 1 is 1.18 bits per heavy atom. The van der Waals surface area contributed by atoms with Gasteiger partial charge in [-0.2, -0.15) is 0 Å². The molecule has 0 aliphatic carbocycles. The highest BCUT2D eigenvalue weighted by Gasteiger charge is 2.00. The molecule has 2 heterocycles. The molecule has 0 fully saturated rings. The van der Waals surface area contributed by atoms with Gasteiger partial charge in [0.15, 0.2) is 5.82 Å². The lowest BCUT2D eigenvalue weighted by atomic mass is 10.2. The van der Waals surface area contributed by atoms with Gasteiger partial charge in [-0.05, 0) is 25.1 Å². The van der Waals surface area contributed by atoms with Crippen molar-refractivity contribution in [2.45, 2.75) is 19.9 Å². The molecule has 0 saturated carbocycles. The largest absolute Gasteiger partial charge is 0.313 e. The van der Waals surface area contributed by atoms with Crippen LogP contribution >= 0.6 is 0 Å². The molecule has 0 bridgehead atoms. The van der Waals surface area contributed by atoms with E-state index in [2.05, 4.69) is 27.2 Å². The number of hydrogen-bond donors (Lipinski definition) is 1. The molecular formula is C13H16N4. The second-order valence-corrected chi connectivity index (χ2v) is 3.83. The molecule has 2 rings (SSSR count). The molecule has 0 atom stereocenters. The summed E-state index contributed by atoms with van der Waals surface area (Å²) in [5, 5.41) is 3.32. The van der Waals surface area contributed by atoms with E-state index in [4.69, 9.17) is 0 Å². The first-order valence-electron chi connectivity index (χ1n) is 5.82. The van der Waals surface area contributed by atoms with Crippen molar-refractivity contribution in [2.24, 2.45) is 0 Å². The Labute approximate surface area is 101 Å². The Morgan fingerprint density at radius 2 is 2.00 bits per heavy atom. The minimum atomic E-state index is 0.720. The predicted octanol–water partition coefficient (Wildman–Crippen LogP) is 2.04. The topological polar surface area (TPSA) is 50.7 Å². The molecule has 4 heteroatoms. The highest BCUT2D eigenvalue weighted by Crippen LogP contribution is 2.11. The Balaban J connectivity index is 2.03. The molecule has 0 amide bonds. The average Bonchev–Trinajstić information content (AvgIpc) is 2.41. The average molecular weight is 228 g/mol. The van der Waals surface area contributed by atoms with Crippen LogP contribution in [0.4, 0.5) is 0 Å². The third-order valence-corrected chi connectivity index (χ3v) is 2.38. The van der Waals surface area contributed by atoms with Crippen LogP contribution in [0.2, 0.25) is 0 Å². The van der Waals surface area contributed by atoms with Crippen molar-refractivity contribution in [3.63, 3.8) is 0 Å². The highest BCUT2D eigenvalue weighted by molar-refractivity contribution is 5.52. The molecule has 1 N–H and O–H groups in total. The van der Waals surface area contributed by atoms with Gasteiger partial charge in [0.2, 0.25) is 0 Å². The Kier molecular flexibility index (Phi) is 4.16. The summed E-state index contributed by atoms with van der Waals surface area (Å²) >= 11 is 0. The maximum absolute atomic E-state index is 4.34. The van der Waals surface area contributed by atoms with E-state index in [1.807, 2.05) is 24.5 Å². The quantitative estimate of drug-likeness (QED) is 0.796. The number of nitrogens with zero attached hydrogens (tertiary/aromatic N) is 3.